The Morgan fingerprint density at radius 1 is 1.36 bits per heavy atom. The number of ether oxygens (including phenoxy) is 1. The second kappa shape index (κ2) is 6.24. The summed E-state index contributed by atoms with van der Waals surface area (Å²) in [5.41, 5.74) is 1.55. The molecule has 1 amide bonds. The van der Waals surface area contributed by atoms with Gasteiger partial charge in [-0.05, 0) is 18.1 Å². The lowest BCUT2D eigenvalue weighted by molar-refractivity contribution is -0.118. The van der Waals surface area contributed by atoms with Gasteiger partial charge in [0.2, 0.25) is 5.91 Å². The van der Waals surface area contributed by atoms with Crippen LogP contribution in [0.5, 0.6) is 11.5 Å². The zero-order chi connectivity index (χ0) is 16.3. The van der Waals surface area contributed by atoms with E-state index in [1.54, 1.807) is 12.3 Å². The van der Waals surface area contributed by atoms with Gasteiger partial charge in [0.05, 0.1) is 7.11 Å². The molecule has 0 atom stereocenters. The standard InChI is InChI=1S/C13H16N2O6S/c1-8(16)14-4-3-9-7-15-11-6-13(21-22(17,18)19)12(20-2)5-10(9)11/h5-7,15H,3-4H2,1-2H3,(H,14,16)(H,17,18,19). The van der Waals surface area contributed by atoms with Gasteiger partial charge in [-0.15, -0.1) is 0 Å². The first-order chi connectivity index (χ1) is 10.3. The maximum absolute atomic E-state index is 10.9. The van der Waals surface area contributed by atoms with E-state index >= 15 is 0 Å². The van der Waals surface area contributed by atoms with Crippen molar-refractivity contribution >= 4 is 27.2 Å². The van der Waals surface area contributed by atoms with Crippen molar-refractivity contribution in [2.75, 3.05) is 13.7 Å². The van der Waals surface area contributed by atoms with Gasteiger partial charge in [0.1, 0.15) is 0 Å². The molecule has 0 bridgehead atoms. The summed E-state index contributed by atoms with van der Waals surface area (Å²) in [4.78, 5) is 13.9. The molecule has 0 saturated heterocycles. The highest BCUT2D eigenvalue weighted by molar-refractivity contribution is 7.81. The number of carbonyl (C=O) groups excluding carboxylic acids is 1. The van der Waals surface area contributed by atoms with E-state index in [-0.39, 0.29) is 17.4 Å². The average Bonchev–Trinajstić information content (AvgIpc) is 2.78. The maximum Gasteiger partial charge on any atom is 0.446 e. The van der Waals surface area contributed by atoms with Crippen molar-refractivity contribution in [3.05, 3.63) is 23.9 Å². The van der Waals surface area contributed by atoms with Gasteiger partial charge >= 0.3 is 10.4 Å². The molecule has 0 aliphatic heterocycles. The van der Waals surface area contributed by atoms with Crippen LogP contribution >= 0.6 is 0 Å². The summed E-state index contributed by atoms with van der Waals surface area (Å²) in [6, 6.07) is 3.03. The molecular formula is C13H16N2O6S. The third kappa shape index (κ3) is 3.89. The number of amides is 1. The molecule has 0 aliphatic rings. The quantitative estimate of drug-likeness (QED) is 0.682. The van der Waals surface area contributed by atoms with E-state index in [2.05, 4.69) is 14.5 Å². The number of aromatic amines is 1. The lowest BCUT2D eigenvalue weighted by atomic mass is 10.1. The Hall–Kier alpha value is -2.26. The fraction of sp³-hybridized carbons (Fsp3) is 0.308. The molecular weight excluding hydrogens is 312 g/mol. The first-order valence-electron chi connectivity index (χ1n) is 6.39. The second-order valence-electron chi connectivity index (χ2n) is 4.61. The zero-order valence-corrected chi connectivity index (χ0v) is 12.9. The zero-order valence-electron chi connectivity index (χ0n) is 12.0. The predicted octanol–water partition coefficient (Wildman–Crippen LogP) is 1.04. The van der Waals surface area contributed by atoms with Crippen LogP contribution in [0.2, 0.25) is 0 Å². The normalized spacial score (nSPS) is 11.4. The number of hydrogen-bond acceptors (Lipinski definition) is 5. The number of nitrogens with one attached hydrogen (secondary N) is 2. The lowest BCUT2D eigenvalue weighted by Crippen LogP contribution is -2.22. The maximum atomic E-state index is 10.9. The van der Waals surface area contributed by atoms with Crippen molar-refractivity contribution in [3.8, 4) is 11.5 Å². The summed E-state index contributed by atoms with van der Waals surface area (Å²) in [7, 11) is -3.27. The van der Waals surface area contributed by atoms with Crippen LogP contribution in [-0.4, -0.2) is 37.5 Å². The van der Waals surface area contributed by atoms with Crippen LogP contribution in [0.25, 0.3) is 10.9 Å². The van der Waals surface area contributed by atoms with Gasteiger partial charge in [0.15, 0.2) is 11.5 Å². The molecule has 120 valence electrons. The summed E-state index contributed by atoms with van der Waals surface area (Å²) < 4.78 is 40.0. The van der Waals surface area contributed by atoms with E-state index in [0.29, 0.717) is 18.5 Å². The van der Waals surface area contributed by atoms with E-state index in [0.717, 1.165) is 10.9 Å². The van der Waals surface area contributed by atoms with Crippen molar-refractivity contribution < 1.29 is 26.7 Å². The molecule has 0 radical (unpaired) electrons. The summed E-state index contributed by atoms with van der Waals surface area (Å²) in [6.07, 6.45) is 2.35. The summed E-state index contributed by atoms with van der Waals surface area (Å²) in [6.45, 7) is 1.92. The van der Waals surface area contributed by atoms with E-state index in [9.17, 15) is 13.2 Å². The monoisotopic (exact) mass is 328 g/mol. The number of hydrogen-bond donors (Lipinski definition) is 3. The van der Waals surface area contributed by atoms with Gasteiger partial charge in [-0.25, -0.2) is 0 Å². The molecule has 0 saturated carbocycles. The minimum atomic E-state index is -4.64. The molecule has 0 unspecified atom stereocenters. The van der Waals surface area contributed by atoms with Crippen LogP contribution in [0.4, 0.5) is 0 Å². The number of H-pyrrole nitrogens is 1. The average molecular weight is 328 g/mol. The predicted molar refractivity (Wildman–Crippen MR) is 79.4 cm³/mol. The van der Waals surface area contributed by atoms with Crippen molar-refractivity contribution in [2.45, 2.75) is 13.3 Å². The number of aromatic nitrogens is 1. The highest BCUT2D eigenvalue weighted by Crippen LogP contribution is 2.34. The Morgan fingerprint density at radius 2 is 2.09 bits per heavy atom. The Kier molecular flexibility index (Phi) is 4.57. The molecule has 9 heteroatoms. The number of rotatable bonds is 6. The number of carbonyl (C=O) groups is 1. The van der Waals surface area contributed by atoms with Crippen LogP contribution in [0.15, 0.2) is 18.3 Å². The van der Waals surface area contributed by atoms with Crippen LogP contribution < -0.4 is 14.2 Å². The van der Waals surface area contributed by atoms with Crippen LogP contribution in [0.1, 0.15) is 12.5 Å². The first kappa shape index (κ1) is 16.1. The number of benzene rings is 1. The van der Waals surface area contributed by atoms with E-state index in [1.165, 1.54) is 20.1 Å². The molecule has 2 rings (SSSR count). The fourth-order valence-corrected chi connectivity index (χ4v) is 2.46. The molecule has 0 fully saturated rings. The second-order valence-corrected chi connectivity index (χ2v) is 5.63. The summed E-state index contributed by atoms with van der Waals surface area (Å²) >= 11 is 0. The number of fused-ring (bicyclic) bond motifs is 1. The van der Waals surface area contributed by atoms with Gasteiger partial charge < -0.3 is 19.2 Å². The Bertz CT molecular complexity index is 796. The SMILES string of the molecule is COc1cc2c(CCNC(C)=O)c[nH]c2cc1OS(=O)(=O)O. The van der Waals surface area contributed by atoms with Crippen molar-refractivity contribution in [1.29, 1.82) is 0 Å². The first-order valence-corrected chi connectivity index (χ1v) is 7.76. The molecule has 0 spiro atoms. The molecule has 22 heavy (non-hydrogen) atoms. The Balaban J connectivity index is 2.34. The van der Waals surface area contributed by atoms with Gasteiger partial charge in [-0.2, -0.15) is 8.42 Å². The summed E-state index contributed by atoms with van der Waals surface area (Å²) in [5.74, 6) is -0.0560. The topological polar surface area (TPSA) is 118 Å². The Labute approximate surface area is 127 Å². The van der Waals surface area contributed by atoms with E-state index < -0.39 is 10.4 Å². The molecule has 0 aliphatic carbocycles. The minimum Gasteiger partial charge on any atom is -0.493 e. The van der Waals surface area contributed by atoms with Crippen molar-refractivity contribution in [1.82, 2.24) is 10.3 Å². The van der Waals surface area contributed by atoms with Crippen LogP contribution in [-0.2, 0) is 21.6 Å². The minimum absolute atomic E-state index is 0.110. The summed E-state index contributed by atoms with van der Waals surface area (Å²) in [5, 5.41) is 3.51. The highest BCUT2D eigenvalue weighted by Gasteiger charge is 2.16. The van der Waals surface area contributed by atoms with Gasteiger partial charge in [-0.3, -0.25) is 9.35 Å². The van der Waals surface area contributed by atoms with Crippen molar-refractivity contribution in [2.24, 2.45) is 0 Å². The van der Waals surface area contributed by atoms with Crippen molar-refractivity contribution in [3.63, 3.8) is 0 Å². The molecule has 1 aromatic carbocycles. The smallest absolute Gasteiger partial charge is 0.446 e. The molecule has 1 heterocycles. The largest absolute Gasteiger partial charge is 0.493 e. The fourth-order valence-electron chi connectivity index (χ4n) is 2.11. The third-order valence-electron chi connectivity index (χ3n) is 3.02. The van der Waals surface area contributed by atoms with E-state index in [4.69, 9.17) is 9.29 Å². The number of methoxy groups -OCH3 is 1. The van der Waals surface area contributed by atoms with Crippen LogP contribution in [0.3, 0.4) is 0 Å². The van der Waals surface area contributed by atoms with Gasteiger partial charge in [0, 0.05) is 36.6 Å². The van der Waals surface area contributed by atoms with E-state index in [1.807, 2.05) is 0 Å². The lowest BCUT2D eigenvalue weighted by Gasteiger charge is -2.08. The molecule has 3 N–H and O–H groups in total. The molecule has 1 aromatic heterocycles. The Morgan fingerprint density at radius 3 is 2.68 bits per heavy atom. The molecule has 2 aromatic rings. The third-order valence-corrected chi connectivity index (χ3v) is 3.41. The highest BCUT2D eigenvalue weighted by atomic mass is 32.3. The van der Waals surface area contributed by atoms with Crippen LogP contribution in [0, 0.1) is 0 Å². The van der Waals surface area contributed by atoms with Gasteiger partial charge in [0.25, 0.3) is 0 Å². The van der Waals surface area contributed by atoms with Gasteiger partial charge in [-0.1, -0.05) is 0 Å². The molecule has 8 nitrogen and oxygen atoms in total.